The molecule has 4 heteroatoms. The molecular formula is C15H20O4. The number of hydrogen-bond donors (Lipinski definition) is 0. The Morgan fingerprint density at radius 2 is 1.68 bits per heavy atom. The van der Waals surface area contributed by atoms with E-state index in [0.717, 1.165) is 17.5 Å². The Kier molecular flexibility index (Phi) is 6.64. The van der Waals surface area contributed by atoms with Crippen molar-refractivity contribution in [1.82, 2.24) is 0 Å². The molecule has 0 fully saturated rings. The monoisotopic (exact) mass is 264 g/mol. The lowest BCUT2D eigenvalue weighted by Gasteiger charge is -2.07. The molecule has 0 atom stereocenters. The summed E-state index contributed by atoms with van der Waals surface area (Å²) in [5, 5.41) is 0. The number of hydrogen-bond acceptors (Lipinski definition) is 4. The van der Waals surface area contributed by atoms with Crippen molar-refractivity contribution < 1.29 is 19.1 Å². The molecule has 0 unspecified atom stereocenters. The molecule has 0 aliphatic heterocycles. The predicted molar refractivity (Wildman–Crippen MR) is 71.5 cm³/mol. The number of carbonyl (C=O) groups excluding carboxylic acids is 2. The zero-order chi connectivity index (χ0) is 14.1. The molecule has 1 aromatic carbocycles. The largest absolute Gasteiger partial charge is 0.466 e. The van der Waals surface area contributed by atoms with Crippen molar-refractivity contribution >= 4 is 11.9 Å². The average molecular weight is 264 g/mol. The maximum absolute atomic E-state index is 11.5. The summed E-state index contributed by atoms with van der Waals surface area (Å²) < 4.78 is 9.99. The zero-order valence-corrected chi connectivity index (χ0v) is 11.5. The molecule has 1 rings (SSSR count). The SMILES string of the molecule is CCCOC(=O)CCC(=O)OCc1ccccc1C. The van der Waals surface area contributed by atoms with Gasteiger partial charge in [-0.3, -0.25) is 9.59 Å². The van der Waals surface area contributed by atoms with Crippen molar-refractivity contribution in [2.75, 3.05) is 6.61 Å². The van der Waals surface area contributed by atoms with Gasteiger partial charge in [-0.05, 0) is 24.5 Å². The van der Waals surface area contributed by atoms with Crippen molar-refractivity contribution in [2.24, 2.45) is 0 Å². The number of carbonyl (C=O) groups is 2. The Bertz CT molecular complexity index is 426. The lowest BCUT2D eigenvalue weighted by molar-refractivity contribution is -0.151. The minimum atomic E-state index is -0.378. The fourth-order valence-electron chi connectivity index (χ4n) is 1.49. The highest BCUT2D eigenvalue weighted by Gasteiger charge is 2.09. The maximum atomic E-state index is 11.5. The van der Waals surface area contributed by atoms with Crippen LogP contribution >= 0.6 is 0 Å². The molecule has 19 heavy (non-hydrogen) atoms. The van der Waals surface area contributed by atoms with Crippen LogP contribution in [0.4, 0.5) is 0 Å². The Labute approximate surface area is 113 Å². The molecule has 104 valence electrons. The highest BCUT2D eigenvalue weighted by Crippen LogP contribution is 2.09. The summed E-state index contributed by atoms with van der Waals surface area (Å²) >= 11 is 0. The second-order valence-corrected chi connectivity index (χ2v) is 4.31. The fraction of sp³-hybridized carbons (Fsp3) is 0.467. The van der Waals surface area contributed by atoms with Gasteiger partial charge in [0.2, 0.25) is 0 Å². The van der Waals surface area contributed by atoms with Crippen LogP contribution in [0.1, 0.15) is 37.3 Å². The third-order valence-corrected chi connectivity index (χ3v) is 2.65. The number of rotatable bonds is 7. The maximum Gasteiger partial charge on any atom is 0.306 e. The smallest absolute Gasteiger partial charge is 0.306 e. The molecular weight excluding hydrogens is 244 g/mol. The van der Waals surface area contributed by atoms with E-state index in [1.165, 1.54) is 0 Å². The summed E-state index contributed by atoms with van der Waals surface area (Å²) in [4.78, 5) is 22.7. The lowest BCUT2D eigenvalue weighted by atomic mass is 10.1. The molecule has 0 N–H and O–H groups in total. The Balaban J connectivity index is 2.25. The van der Waals surface area contributed by atoms with Gasteiger partial charge >= 0.3 is 11.9 Å². The third-order valence-electron chi connectivity index (χ3n) is 2.65. The van der Waals surface area contributed by atoms with Crippen LogP contribution in [0.2, 0.25) is 0 Å². The van der Waals surface area contributed by atoms with Gasteiger partial charge in [-0.1, -0.05) is 31.2 Å². The first kappa shape index (κ1) is 15.2. The van der Waals surface area contributed by atoms with E-state index in [1.54, 1.807) is 0 Å². The van der Waals surface area contributed by atoms with Crippen LogP contribution < -0.4 is 0 Å². The topological polar surface area (TPSA) is 52.6 Å². The number of benzene rings is 1. The standard InChI is InChI=1S/C15H20O4/c1-3-10-18-14(16)8-9-15(17)19-11-13-7-5-4-6-12(13)2/h4-7H,3,8-11H2,1-2H3. The number of esters is 2. The van der Waals surface area contributed by atoms with Crippen LogP contribution in [-0.2, 0) is 25.7 Å². The molecule has 0 radical (unpaired) electrons. The summed E-state index contributed by atoms with van der Waals surface area (Å²) in [5.41, 5.74) is 2.06. The van der Waals surface area contributed by atoms with E-state index in [-0.39, 0.29) is 31.4 Å². The van der Waals surface area contributed by atoms with E-state index < -0.39 is 0 Å². The van der Waals surface area contributed by atoms with Crippen molar-refractivity contribution in [3.05, 3.63) is 35.4 Å². The van der Waals surface area contributed by atoms with E-state index in [0.29, 0.717) is 6.61 Å². The van der Waals surface area contributed by atoms with Crippen molar-refractivity contribution in [3.63, 3.8) is 0 Å². The molecule has 0 heterocycles. The van der Waals surface area contributed by atoms with Crippen LogP contribution in [0, 0.1) is 6.92 Å². The number of ether oxygens (including phenoxy) is 2. The second-order valence-electron chi connectivity index (χ2n) is 4.31. The van der Waals surface area contributed by atoms with E-state index in [9.17, 15) is 9.59 Å². The van der Waals surface area contributed by atoms with Crippen LogP contribution in [-0.4, -0.2) is 18.5 Å². The van der Waals surface area contributed by atoms with Crippen LogP contribution in [0.15, 0.2) is 24.3 Å². The summed E-state index contributed by atoms with van der Waals surface area (Å²) in [5.74, 6) is -0.730. The summed E-state index contributed by atoms with van der Waals surface area (Å²) in [6.07, 6.45) is 0.921. The fourth-order valence-corrected chi connectivity index (χ4v) is 1.49. The van der Waals surface area contributed by atoms with E-state index in [4.69, 9.17) is 9.47 Å². The van der Waals surface area contributed by atoms with Gasteiger partial charge in [-0.2, -0.15) is 0 Å². The predicted octanol–water partition coefficient (Wildman–Crippen LogP) is 2.77. The van der Waals surface area contributed by atoms with Gasteiger partial charge in [0.1, 0.15) is 6.61 Å². The highest BCUT2D eigenvalue weighted by molar-refractivity contribution is 5.77. The van der Waals surface area contributed by atoms with Gasteiger partial charge < -0.3 is 9.47 Å². The van der Waals surface area contributed by atoms with Gasteiger partial charge in [-0.25, -0.2) is 0 Å². The molecule has 0 aromatic heterocycles. The minimum absolute atomic E-state index is 0.0639. The average Bonchev–Trinajstić information content (AvgIpc) is 2.42. The van der Waals surface area contributed by atoms with Gasteiger partial charge in [0, 0.05) is 0 Å². The van der Waals surface area contributed by atoms with Crippen LogP contribution in [0.25, 0.3) is 0 Å². The van der Waals surface area contributed by atoms with E-state index >= 15 is 0 Å². The lowest BCUT2D eigenvalue weighted by Crippen LogP contribution is -2.11. The molecule has 0 spiro atoms. The Hall–Kier alpha value is -1.84. The summed E-state index contributed by atoms with van der Waals surface area (Å²) in [6.45, 7) is 4.53. The van der Waals surface area contributed by atoms with Gasteiger partial charge in [-0.15, -0.1) is 0 Å². The van der Waals surface area contributed by atoms with Gasteiger partial charge in [0.25, 0.3) is 0 Å². The minimum Gasteiger partial charge on any atom is -0.466 e. The normalized spacial score (nSPS) is 10.0. The Morgan fingerprint density at radius 3 is 2.32 bits per heavy atom. The first-order chi connectivity index (χ1) is 9.13. The molecule has 0 amide bonds. The molecule has 0 saturated heterocycles. The molecule has 0 bridgehead atoms. The van der Waals surface area contributed by atoms with Crippen LogP contribution in [0.3, 0.4) is 0 Å². The Morgan fingerprint density at radius 1 is 1.05 bits per heavy atom. The first-order valence-electron chi connectivity index (χ1n) is 6.49. The third kappa shape index (κ3) is 6.04. The molecule has 0 saturated carbocycles. The second kappa shape index (κ2) is 8.29. The van der Waals surface area contributed by atoms with Gasteiger partial charge in [0.05, 0.1) is 19.4 Å². The molecule has 4 nitrogen and oxygen atoms in total. The van der Waals surface area contributed by atoms with Gasteiger partial charge in [0.15, 0.2) is 0 Å². The number of aryl methyl sites for hydroxylation is 1. The molecule has 0 aliphatic carbocycles. The van der Waals surface area contributed by atoms with Crippen LogP contribution in [0.5, 0.6) is 0 Å². The van der Waals surface area contributed by atoms with E-state index in [1.807, 2.05) is 38.1 Å². The summed E-state index contributed by atoms with van der Waals surface area (Å²) in [6, 6.07) is 7.71. The highest BCUT2D eigenvalue weighted by atomic mass is 16.5. The van der Waals surface area contributed by atoms with Crippen molar-refractivity contribution in [2.45, 2.75) is 39.7 Å². The quantitative estimate of drug-likeness (QED) is 0.711. The summed E-state index contributed by atoms with van der Waals surface area (Å²) in [7, 11) is 0. The molecule has 0 aliphatic rings. The van der Waals surface area contributed by atoms with Crippen molar-refractivity contribution in [3.8, 4) is 0 Å². The van der Waals surface area contributed by atoms with E-state index in [2.05, 4.69) is 0 Å². The first-order valence-corrected chi connectivity index (χ1v) is 6.49. The van der Waals surface area contributed by atoms with Crippen molar-refractivity contribution in [1.29, 1.82) is 0 Å². The zero-order valence-electron chi connectivity index (χ0n) is 11.5. The molecule has 1 aromatic rings.